The summed E-state index contributed by atoms with van der Waals surface area (Å²) in [5, 5.41) is 6.23. The molecule has 0 aliphatic rings. The Morgan fingerprint density at radius 3 is 0.527 bits per heavy atom. The van der Waals surface area contributed by atoms with Gasteiger partial charge in [0.15, 0.2) is 0 Å². The predicted molar refractivity (Wildman–Crippen MR) is 357 cm³/mol. The Morgan fingerprint density at radius 2 is 0.344 bits per heavy atom. The highest BCUT2D eigenvalue weighted by Gasteiger charge is 2.20. The van der Waals surface area contributed by atoms with Gasteiger partial charge in [-0.2, -0.15) is 0 Å². The van der Waals surface area contributed by atoms with Crippen LogP contribution in [0.4, 0.5) is 11.4 Å². The molecule has 1 aromatic rings. The molecule has 0 aromatic heterocycles. The average molecular weight is 1350 g/mol. The lowest BCUT2D eigenvalue weighted by Crippen LogP contribution is -2.38. The maximum atomic E-state index is 12.1. The SMILES string of the molecule is CCCCCCCCCCCCCCCCCCNc1c(NCCOCCOCCOCCOCCOCCOCCOCCOCCOCCOCCOCCOCCOCCOCCOCCOCCOCCOCCOCCOCCOCCOC)c(=O)c1=O. The Hall–Kier alpha value is -2.20. The summed E-state index contributed by atoms with van der Waals surface area (Å²) < 4.78 is 121. The predicted octanol–water partition coefficient (Wildman–Crippen LogP) is 6.36. The minimum Gasteiger partial charge on any atom is -0.382 e. The molecule has 0 saturated heterocycles. The largest absolute Gasteiger partial charge is 0.382 e. The average Bonchev–Trinajstić information content (AvgIpc) is 0.834. The van der Waals surface area contributed by atoms with Crippen LogP contribution < -0.4 is 21.5 Å². The van der Waals surface area contributed by atoms with Gasteiger partial charge in [-0.3, -0.25) is 9.59 Å². The maximum absolute atomic E-state index is 12.1. The Labute approximate surface area is 558 Å². The van der Waals surface area contributed by atoms with Gasteiger partial charge in [0.05, 0.1) is 284 Å². The summed E-state index contributed by atoms with van der Waals surface area (Å²) in [4.78, 5) is 24.2. The zero-order valence-corrected chi connectivity index (χ0v) is 57.9. The topological polar surface area (TPSA) is 261 Å². The molecule has 0 unspecified atom stereocenters. The van der Waals surface area contributed by atoms with E-state index in [9.17, 15) is 9.59 Å². The second kappa shape index (κ2) is 78.8. The number of nitrogens with one attached hydrogen (secondary N) is 2. The lowest BCUT2D eigenvalue weighted by molar-refractivity contribution is -0.0316. The van der Waals surface area contributed by atoms with Crippen LogP contribution in [-0.2, 0) is 104 Å². The third-order valence-corrected chi connectivity index (χ3v) is 13.7. The molecule has 26 heteroatoms. The van der Waals surface area contributed by atoms with Crippen LogP contribution in [0.2, 0.25) is 0 Å². The minimum absolute atomic E-state index is 0.370. The molecule has 0 saturated carbocycles. The number of ether oxygens (including phenoxy) is 22. The van der Waals surface area contributed by atoms with Crippen molar-refractivity contribution in [1.29, 1.82) is 0 Å². The van der Waals surface area contributed by atoms with Crippen molar-refractivity contribution in [3.63, 3.8) is 0 Å². The lowest BCUT2D eigenvalue weighted by atomic mass is 10.0. The molecule has 0 spiro atoms. The van der Waals surface area contributed by atoms with Crippen molar-refractivity contribution in [3.05, 3.63) is 20.4 Å². The Bertz CT molecular complexity index is 1640. The number of anilines is 2. The third kappa shape index (κ3) is 68.1. The van der Waals surface area contributed by atoms with E-state index < -0.39 is 10.9 Å². The first-order chi connectivity index (χ1) is 46.2. The summed E-state index contributed by atoms with van der Waals surface area (Å²) in [6.07, 6.45) is 21.1. The van der Waals surface area contributed by atoms with E-state index in [1.165, 1.54) is 89.9 Å². The van der Waals surface area contributed by atoms with Crippen LogP contribution in [0.5, 0.6) is 0 Å². The molecule has 0 atom stereocenters. The van der Waals surface area contributed by atoms with E-state index in [2.05, 4.69) is 17.6 Å². The van der Waals surface area contributed by atoms with E-state index in [0.29, 0.717) is 309 Å². The summed E-state index contributed by atoms with van der Waals surface area (Å²) >= 11 is 0. The summed E-state index contributed by atoms with van der Waals surface area (Å²) in [7, 11) is 1.64. The number of rotatable bonds is 85. The van der Waals surface area contributed by atoms with Gasteiger partial charge in [-0.05, 0) is 6.42 Å². The van der Waals surface area contributed by atoms with Gasteiger partial charge in [0.25, 0.3) is 10.9 Å². The molecule has 0 fully saturated rings. The van der Waals surface area contributed by atoms with E-state index >= 15 is 0 Å². The van der Waals surface area contributed by atoms with Crippen LogP contribution in [-0.4, -0.2) is 304 Å². The van der Waals surface area contributed by atoms with Crippen LogP contribution in [0.25, 0.3) is 0 Å². The first-order valence-electron chi connectivity index (χ1n) is 35.1. The highest BCUT2D eigenvalue weighted by Crippen LogP contribution is 2.16. The van der Waals surface area contributed by atoms with Crippen molar-refractivity contribution in [2.45, 2.75) is 110 Å². The van der Waals surface area contributed by atoms with Gasteiger partial charge < -0.3 is 115 Å². The van der Waals surface area contributed by atoms with E-state index in [1.54, 1.807) is 7.11 Å². The fourth-order valence-electron chi connectivity index (χ4n) is 8.51. The second-order valence-corrected chi connectivity index (χ2v) is 21.4. The van der Waals surface area contributed by atoms with E-state index in [0.717, 1.165) is 12.8 Å². The molecule has 1 aromatic carbocycles. The van der Waals surface area contributed by atoms with E-state index in [4.69, 9.17) is 104 Å². The normalized spacial score (nSPS) is 11.8. The highest BCUT2D eigenvalue weighted by atomic mass is 16.6. The number of hydrogen-bond acceptors (Lipinski definition) is 26. The van der Waals surface area contributed by atoms with Gasteiger partial charge in [-0.15, -0.1) is 0 Å². The van der Waals surface area contributed by atoms with Gasteiger partial charge >= 0.3 is 0 Å². The fourth-order valence-corrected chi connectivity index (χ4v) is 8.51. The first kappa shape index (κ1) is 88.8. The smallest absolute Gasteiger partial charge is 0.253 e. The second-order valence-electron chi connectivity index (χ2n) is 21.4. The molecule has 0 amide bonds. The Kier molecular flexibility index (Phi) is 75.2. The van der Waals surface area contributed by atoms with Crippen LogP contribution in [0, 0.1) is 0 Å². The summed E-state index contributed by atoms with van der Waals surface area (Å²) in [6.45, 7) is 24.4. The molecule has 0 bridgehead atoms. The number of hydrogen-bond donors (Lipinski definition) is 2. The Morgan fingerprint density at radius 1 is 0.194 bits per heavy atom. The van der Waals surface area contributed by atoms with Gasteiger partial charge in [0.1, 0.15) is 11.4 Å². The van der Waals surface area contributed by atoms with Crippen molar-refractivity contribution >= 4 is 11.4 Å². The van der Waals surface area contributed by atoms with Crippen molar-refractivity contribution in [1.82, 2.24) is 0 Å². The quantitative estimate of drug-likeness (QED) is 0.0531. The molecule has 93 heavy (non-hydrogen) atoms. The molecule has 0 aliphatic heterocycles. The monoisotopic (exact) mass is 1350 g/mol. The summed E-state index contributed by atoms with van der Waals surface area (Å²) in [5.74, 6) is 0. The van der Waals surface area contributed by atoms with Crippen molar-refractivity contribution in [2.24, 2.45) is 0 Å². The van der Waals surface area contributed by atoms with Crippen molar-refractivity contribution < 1.29 is 104 Å². The number of methoxy groups -OCH3 is 1. The van der Waals surface area contributed by atoms with Crippen LogP contribution in [0.1, 0.15) is 110 Å². The Balaban J connectivity index is 1.65. The molecule has 552 valence electrons. The van der Waals surface area contributed by atoms with Gasteiger partial charge in [0.2, 0.25) is 0 Å². The van der Waals surface area contributed by atoms with Crippen LogP contribution >= 0.6 is 0 Å². The van der Waals surface area contributed by atoms with E-state index in [-0.39, 0.29) is 0 Å². The van der Waals surface area contributed by atoms with Crippen LogP contribution in [0.15, 0.2) is 9.59 Å². The standard InChI is InChI=1S/C67H130N2O24/c1-3-4-5-6-7-8-9-10-11-12-13-14-15-16-17-18-19-68-64-65(67(71)66(64)70)69-20-21-73-24-25-75-28-29-77-32-33-79-36-37-81-40-41-83-44-45-85-48-49-87-52-53-89-56-57-91-60-61-93-63-62-92-59-58-90-55-54-88-51-50-86-47-46-84-43-42-82-39-38-80-35-34-78-31-30-76-27-26-74-23-22-72-2/h68-69H,3-63H2,1-2H3. The zero-order chi connectivity index (χ0) is 66.4. The highest BCUT2D eigenvalue weighted by molar-refractivity contribution is 5.73. The zero-order valence-electron chi connectivity index (χ0n) is 57.9. The molecule has 0 aliphatic carbocycles. The fraction of sp³-hybridized carbons (Fsp3) is 0.940. The molecule has 0 heterocycles. The summed E-state index contributed by atoms with van der Waals surface area (Å²) in [5.41, 5.74) is -0.127. The molecule has 26 nitrogen and oxygen atoms in total. The molecular formula is C67H130N2O24. The molecule has 0 radical (unpaired) electrons. The third-order valence-electron chi connectivity index (χ3n) is 13.7. The summed E-state index contributed by atoms with van der Waals surface area (Å²) in [6, 6.07) is 0. The minimum atomic E-state index is -0.465. The van der Waals surface area contributed by atoms with Gasteiger partial charge in [-0.1, -0.05) is 103 Å². The van der Waals surface area contributed by atoms with Crippen LogP contribution in [0.3, 0.4) is 0 Å². The van der Waals surface area contributed by atoms with E-state index in [1.807, 2.05) is 0 Å². The van der Waals surface area contributed by atoms with Crippen molar-refractivity contribution in [3.8, 4) is 0 Å². The van der Waals surface area contributed by atoms with Gasteiger partial charge in [0, 0.05) is 20.2 Å². The first-order valence-corrected chi connectivity index (χ1v) is 35.1. The molecule has 2 N–H and O–H groups in total. The molecular weight excluding hydrogens is 1220 g/mol. The number of unbranched alkanes of at least 4 members (excludes halogenated alkanes) is 15. The lowest BCUT2D eigenvalue weighted by Gasteiger charge is -2.15. The van der Waals surface area contributed by atoms with Gasteiger partial charge in [-0.25, -0.2) is 0 Å². The maximum Gasteiger partial charge on any atom is 0.253 e. The van der Waals surface area contributed by atoms with Crippen molar-refractivity contribution in [2.75, 3.05) is 315 Å². The molecule has 1 rings (SSSR count).